The molecule has 0 bridgehead atoms. The van der Waals surface area contributed by atoms with Gasteiger partial charge in [0.1, 0.15) is 0 Å². The Balaban J connectivity index is 1.58. The summed E-state index contributed by atoms with van der Waals surface area (Å²) in [6.07, 6.45) is 10.2. The lowest BCUT2D eigenvalue weighted by molar-refractivity contribution is 0.0584. The molecule has 0 saturated carbocycles. The molecule has 1 atom stereocenters. The van der Waals surface area contributed by atoms with Gasteiger partial charge in [-0.25, -0.2) is 0 Å². The van der Waals surface area contributed by atoms with Crippen LogP contribution in [0.25, 0.3) is 0 Å². The number of piperidine rings is 1. The van der Waals surface area contributed by atoms with E-state index in [0.29, 0.717) is 6.04 Å². The van der Waals surface area contributed by atoms with Crippen molar-refractivity contribution < 1.29 is 4.79 Å². The van der Waals surface area contributed by atoms with Gasteiger partial charge in [0.15, 0.2) is 0 Å². The number of carbonyl (C=O) groups excluding carboxylic acids is 1. The van der Waals surface area contributed by atoms with Gasteiger partial charge in [-0.05, 0) is 63.7 Å². The van der Waals surface area contributed by atoms with E-state index in [-0.39, 0.29) is 5.91 Å². The Morgan fingerprint density at radius 2 is 1.61 bits per heavy atom. The average Bonchev–Trinajstić information content (AvgIpc) is 2.89. The van der Waals surface area contributed by atoms with Crippen molar-refractivity contribution in [3.05, 3.63) is 35.9 Å². The SMILES string of the molecule is O=C(c1ccccc1)N1CCCC[C@@H]1CCN1CCCCCC1. The third-order valence-corrected chi connectivity index (χ3v) is 5.39. The molecular formula is C20H30N2O. The summed E-state index contributed by atoms with van der Waals surface area (Å²) >= 11 is 0. The molecule has 2 aliphatic heterocycles. The first kappa shape index (κ1) is 16.5. The Morgan fingerprint density at radius 3 is 2.35 bits per heavy atom. The second kappa shape index (κ2) is 8.49. The number of carbonyl (C=O) groups is 1. The fourth-order valence-corrected chi connectivity index (χ4v) is 4.01. The first-order chi connectivity index (χ1) is 11.3. The maximum atomic E-state index is 12.8. The third-order valence-electron chi connectivity index (χ3n) is 5.39. The Labute approximate surface area is 140 Å². The van der Waals surface area contributed by atoms with E-state index in [9.17, 15) is 4.79 Å². The van der Waals surface area contributed by atoms with E-state index in [4.69, 9.17) is 0 Å². The Kier molecular flexibility index (Phi) is 6.09. The van der Waals surface area contributed by atoms with Gasteiger partial charge >= 0.3 is 0 Å². The van der Waals surface area contributed by atoms with E-state index in [1.807, 2.05) is 30.3 Å². The number of amides is 1. The van der Waals surface area contributed by atoms with E-state index in [0.717, 1.165) is 31.5 Å². The molecule has 0 unspecified atom stereocenters. The molecule has 1 aromatic rings. The minimum absolute atomic E-state index is 0.228. The van der Waals surface area contributed by atoms with Gasteiger partial charge in [0.05, 0.1) is 0 Å². The summed E-state index contributed by atoms with van der Waals surface area (Å²) < 4.78 is 0. The van der Waals surface area contributed by atoms with Crippen molar-refractivity contribution in [1.29, 1.82) is 0 Å². The number of likely N-dealkylation sites (tertiary alicyclic amines) is 2. The lowest BCUT2D eigenvalue weighted by atomic mass is 9.98. The maximum absolute atomic E-state index is 12.8. The highest BCUT2D eigenvalue weighted by Crippen LogP contribution is 2.23. The largest absolute Gasteiger partial charge is 0.336 e. The minimum atomic E-state index is 0.228. The predicted molar refractivity (Wildman–Crippen MR) is 94.6 cm³/mol. The lowest BCUT2D eigenvalue weighted by Crippen LogP contribution is -2.45. The lowest BCUT2D eigenvalue weighted by Gasteiger charge is -2.37. The molecule has 2 fully saturated rings. The molecule has 0 spiro atoms. The van der Waals surface area contributed by atoms with Crippen LogP contribution in [0.2, 0.25) is 0 Å². The van der Waals surface area contributed by atoms with Crippen molar-refractivity contribution in [2.75, 3.05) is 26.2 Å². The molecule has 0 radical (unpaired) electrons. The molecule has 126 valence electrons. The van der Waals surface area contributed by atoms with Gasteiger partial charge < -0.3 is 9.80 Å². The second-order valence-corrected chi connectivity index (χ2v) is 7.06. The molecule has 2 aliphatic rings. The van der Waals surface area contributed by atoms with E-state index in [1.54, 1.807) is 0 Å². The second-order valence-electron chi connectivity index (χ2n) is 7.06. The van der Waals surface area contributed by atoms with Crippen molar-refractivity contribution in [2.24, 2.45) is 0 Å². The highest BCUT2D eigenvalue weighted by molar-refractivity contribution is 5.94. The van der Waals surface area contributed by atoms with E-state index >= 15 is 0 Å². The van der Waals surface area contributed by atoms with Crippen LogP contribution in [0.4, 0.5) is 0 Å². The zero-order chi connectivity index (χ0) is 15.9. The number of hydrogen-bond donors (Lipinski definition) is 0. The van der Waals surface area contributed by atoms with Crippen LogP contribution in [-0.4, -0.2) is 47.9 Å². The molecule has 0 aliphatic carbocycles. The summed E-state index contributed by atoms with van der Waals surface area (Å²) in [5, 5.41) is 0. The van der Waals surface area contributed by atoms with Crippen molar-refractivity contribution >= 4 is 5.91 Å². The van der Waals surface area contributed by atoms with Crippen molar-refractivity contribution in [1.82, 2.24) is 9.80 Å². The van der Waals surface area contributed by atoms with Crippen molar-refractivity contribution in [3.8, 4) is 0 Å². The zero-order valence-corrected chi connectivity index (χ0v) is 14.3. The average molecular weight is 314 g/mol. The number of hydrogen-bond acceptors (Lipinski definition) is 2. The normalized spacial score (nSPS) is 23.5. The zero-order valence-electron chi connectivity index (χ0n) is 14.3. The van der Waals surface area contributed by atoms with E-state index in [2.05, 4.69) is 9.80 Å². The highest BCUT2D eigenvalue weighted by Gasteiger charge is 2.27. The quantitative estimate of drug-likeness (QED) is 0.840. The van der Waals surface area contributed by atoms with Crippen LogP contribution in [0, 0.1) is 0 Å². The molecule has 3 nitrogen and oxygen atoms in total. The fourth-order valence-electron chi connectivity index (χ4n) is 4.01. The van der Waals surface area contributed by atoms with Crippen LogP contribution < -0.4 is 0 Å². The molecule has 23 heavy (non-hydrogen) atoms. The first-order valence-corrected chi connectivity index (χ1v) is 9.43. The van der Waals surface area contributed by atoms with Gasteiger partial charge in [0, 0.05) is 24.7 Å². The minimum Gasteiger partial charge on any atom is -0.336 e. The molecule has 3 heteroatoms. The molecular weight excluding hydrogens is 284 g/mol. The monoisotopic (exact) mass is 314 g/mol. The van der Waals surface area contributed by atoms with Crippen LogP contribution >= 0.6 is 0 Å². The van der Waals surface area contributed by atoms with Crippen molar-refractivity contribution in [2.45, 2.75) is 57.4 Å². The number of benzene rings is 1. The molecule has 0 aromatic heterocycles. The summed E-state index contributed by atoms with van der Waals surface area (Å²) in [5.74, 6) is 0.228. The molecule has 1 aromatic carbocycles. The van der Waals surface area contributed by atoms with Gasteiger partial charge in [-0.15, -0.1) is 0 Å². The third kappa shape index (κ3) is 4.57. The van der Waals surface area contributed by atoms with Crippen LogP contribution in [0.15, 0.2) is 30.3 Å². The smallest absolute Gasteiger partial charge is 0.254 e. The molecule has 2 saturated heterocycles. The van der Waals surface area contributed by atoms with Crippen molar-refractivity contribution in [3.63, 3.8) is 0 Å². The summed E-state index contributed by atoms with van der Waals surface area (Å²) in [7, 11) is 0. The first-order valence-electron chi connectivity index (χ1n) is 9.43. The van der Waals surface area contributed by atoms with Gasteiger partial charge in [-0.1, -0.05) is 31.0 Å². The van der Waals surface area contributed by atoms with E-state index < -0.39 is 0 Å². The molecule has 3 rings (SSSR count). The van der Waals surface area contributed by atoms with E-state index in [1.165, 1.54) is 51.6 Å². The predicted octanol–water partition coefficient (Wildman–Crippen LogP) is 3.95. The molecule has 0 N–H and O–H groups in total. The standard InChI is InChI=1S/C20H30N2O/c23-20(18-10-4-3-5-11-18)22-16-9-6-12-19(22)13-17-21-14-7-1-2-8-15-21/h3-5,10-11,19H,1-2,6-9,12-17H2/t19-/m1/s1. The van der Waals surface area contributed by atoms with Gasteiger partial charge in [-0.2, -0.15) is 0 Å². The Morgan fingerprint density at radius 1 is 0.913 bits per heavy atom. The van der Waals surface area contributed by atoms with Crippen LogP contribution in [-0.2, 0) is 0 Å². The number of rotatable bonds is 4. The fraction of sp³-hybridized carbons (Fsp3) is 0.650. The Hall–Kier alpha value is -1.35. The molecule has 1 amide bonds. The van der Waals surface area contributed by atoms with Gasteiger partial charge in [0.25, 0.3) is 5.91 Å². The Bertz CT molecular complexity index is 480. The topological polar surface area (TPSA) is 23.6 Å². The molecule has 2 heterocycles. The maximum Gasteiger partial charge on any atom is 0.254 e. The van der Waals surface area contributed by atoms with Crippen LogP contribution in [0.3, 0.4) is 0 Å². The summed E-state index contributed by atoms with van der Waals surface area (Å²) in [6, 6.07) is 10.2. The number of nitrogens with zero attached hydrogens (tertiary/aromatic N) is 2. The van der Waals surface area contributed by atoms with Crippen LogP contribution in [0.1, 0.15) is 61.7 Å². The van der Waals surface area contributed by atoms with Crippen LogP contribution in [0.5, 0.6) is 0 Å². The summed E-state index contributed by atoms with van der Waals surface area (Å²) in [5.41, 5.74) is 0.842. The summed E-state index contributed by atoms with van der Waals surface area (Å²) in [6.45, 7) is 4.58. The van der Waals surface area contributed by atoms with Gasteiger partial charge in [-0.3, -0.25) is 4.79 Å². The summed E-state index contributed by atoms with van der Waals surface area (Å²) in [4.78, 5) is 17.6. The highest BCUT2D eigenvalue weighted by atomic mass is 16.2. The van der Waals surface area contributed by atoms with Gasteiger partial charge in [0.2, 0.25) is 0 Å².